The van der Waals surface area contributed by atoms with Gasteiger partial charge in [0.05, 0.1) is 0 Å². The number of esters is 2. The molecule has 1 aromatic rings. The molecule has 0 heterocycles. The van der Waals surface area contributed by atoms with E-state index in [-0.39, 0.29) is 17.4 Å². The predicted molar refractivity (Wildman–Crippen MR) is 97.3 cm³/mol. The Labute approximate surface area is 155 Å². The lowest BCUT2D eigenvalue weighted by molar-refractivity contribution is -0.225. The number of benzene rings is 1. The van der Waals surface area contributed by atoms with Gasteiger partial charge in [-0.3, -0.25) is 9.59 Å². The Bertz CT molecular complexity index is 696. The number of aryl methyl sites for hydroxylation is 1. The van der Waals surface area contributed by atoms with Crippen LogP contribution in [0.1, 0.15) is 69.4 Å². The number of carbonyl (C=O) groups is 2. The van der Waals surface area contributed by atoms with Gasteiger partial charge in [-0.25, -0.2) is 0 Å². The summed E-state index contributed by atoms with van der Waals surface area (Å²) >= 11 is 0. The second kappa shape index (κ2) is 6.71. The van der Waals surface area contributed by atoms with Crippen molar-refractivity contribution in [3.05, 3.63) is 35.4 Å². The quantitative estimate of drug-likeness (QED) is 0.596. The zero-order chi connectivity index (χ0) is 18.3. The Morgan fingerprint density at radius 3 is 2.50 bits per heavy atom. The SMILES string of the molecule is CC(=O)OC(OC(C)=O)[C@@]12CCC[C@H]1[C@@H]1CCc3ccccc3[C@H]1CC2. The van der Waals surface area contributed by atoms with Gasteiger partial charge < -0.3 is 9.47 Å². The third-order valence-corrected chi connectivity index (χ3v) is 7.07. The lowest BCUT2D eigenvalue weighted by atomic mass is 9.55. The molecule has 2 saturated carbocycles. The van der Waals surface area contributed by atoms with Gasteiger partial charge in [0.25, 0.3) is 6.29 Å². The predicted octanol–water partition coefficient (Wildman–Crippen LogP) is 4.37. The van der Waals surface area contributed by atoms with Crippen molar-refractivity contribution in [3.63, 3.8) is 0 Å². The van der Waals surface area contributed by atoms with Crippen LogP contribution in [-0.4, -0.2) is 18.2 Å². The Balaban J connectivity index is 1.67. The zero-order valence-corrected chi connectivity index (χ0v) is 15.7. The maximum absolute atomic E-state index is 11.7. The van der Waals surface area contributed by atoms with Crippen LogP contribution < -0.4 is 0 Å². The van der Waals surface area contributed by atoms with Crippen LogP contribution in [0.2, 0.25) is 0 Å². The Hall–Kier alpha value is -1.84. The van der Waals surface area contributed by atoms with E-state index in [1.165, 1.54) is 31.4 Å². The first-order chi connectivity index (χ1) is 12.5. The summed E-state index contributed by atoms with van der Waals surface area (Å²) in [6.45, 7) is 2.80. The molecule has 0 spiro atoms. The molecule has 140 valence electrons. The fourth-order valence-electron chi connectivity index (χ4n) is 6.20. The van der Waals surface area contributed by atoms with Gasteiger partial charge in [-0.2, -0.15) is 0 Å². The van der Waals surface area contributed by atoms with Gasteiger partial charge in [0.2, 0.25) is 0 Å². The summed E-state index contributed by atoms with van der Waals surface area (Å²) in [5.41, 5.74) is 2.81. The lowest BCUT2D eigenvalue weighted by Gasteiger charge is -2.52. The first kappa shape index (κ1) is 17.6. The summed E-state index contributed by atoms with van der Waals surface area (Å²) in [7, 11) is 0. The highest BCUT2D eigenvalue weighted by molar-refractivity contribution is 5.68. The maximum Gasteiger partial charge on any atom is 0.305 e. The number of hydrogen-bond donors (Lipinski definition) is 0. The normalized spacial score (nSPS) is 32.3. The molecule has 0 unspecified atom stereocenters. The van der Waals surface area contributed by atoms with Crippen LogP contribution in [0.3, 0.4) is 0 Å². The van der Waals surface area contributed by atoms with Crippen molar-refractivity contribution in [1.82, 2.24) is 0 Å². The molecule has 0 saturated heterocycles. The molecule has 3 aliphatic rings. The fourth-order valence-corrected chi connectivity index (χ4v) is 6.20. The number of rotatable bonds is 3. The van der Waals surface area contributed by atoms with Crippen LogP contribution in [0.5, 0.6) is 0 Å². The Kier molecular flexibility index (Phi) is 4.54. The van der Waals surface area contributed by atoms with E-state index in [4.69, 9.17) is 9.47 Å². The van der Waals surface area contributed by atoms with Crippen LogP contribution in [-0.2, 0) is 25.5 Å². The van der Waals surface area contributed by atoms with Gasteiger partial charge in [-0.05, 0) is 67.4 Å². The number of hydrogen-bond acceptors (Lipinski definition) is 4. The highest BCUT2D eigenvalue weighted by Crippen LogP contribution is 2.62. The molecule has 26 heavy (non-hydrogen) atoms. The minimum Gasteiger partial charge on any atom is -0.425 e. The van der Waals surface area contributed by atoms with Crippen molar-refractivity contribution in [2.45, 2.75) is 71.0 Å². The van der Waals surface area contributed by atoms with Crippen molar-refractivity contribution in [1.29, 1.82) is 0 Å². The molecular formula is C22H28O4. The van der Waals surface area contributed by atoms with Crippen LogP contribution in [0.4, 0.5) is 0 Å². The van der Waals surface area contributed by atoms with E-state index in [1.54, 1.807) is 0 Å². The summed E-state index contributed by atoms with van der Waals surface area (Å²) in [6, 6.07) is 8.85. The molecule has 4 rings (SSSR count). The van der Waals surface area contributed by atoms with Gasteiger partial charge in [0, 0.05) is 19.3 Å². The van der Waals surface area contributed by atoms with E-state index in [0.29, 0.717) is 17.8 Å². The van der Waals surface area contributed by atoms with Crippen LogP contribution in [0.25, 0.3) is 0 Å². The molecule has 0 N–H and O–H groups in total. The summed E-state index contributed by atoms with van der Waals surface area (Å²) in [5.74, 6) is 0.902. The Morgan fingerprint density at radius 1 is 1.04 bits per heavy atom. The molecule has 4 nitrogen and oxygen atoms in total. The second-order valence-electron chi connectivity index (χ2n) is 8.33. The minimum absolute atomic E-state index is 0.204. The molecule has 0 radical (unpaired) electrons. The van der Waals surface area contributed by atoms with Gasteiger partial charge >= 0.3 is 11.9 Å². The standard InChI is InChI=1S/C22H28O4/c1-14(23)25-21(26-15(2)24)22-12-5-8-20(22)19-10-9-16-6-3-4-7-17(16)18(19)11-13-22/h3-4,6-7,18-21H,5,8-13H2,1-2H3/t18-,19-,20+,22-/m1/s1. The molecule has 0 aliphatic heterocycles. The van der Waals surface area contributed by atoms with Crippen LogP contribution >= 0.6 is 0 Å². The largest absolute Gasteiger partial charge is 0.425 e. The highest BCUT2D eigenvalue weighted by Gasteiger charge is 2.58. The van der Waals surface area contributed by atoms with Crippen LogP contribution in [0.15, 0.2) is 24.3 Å². The molecule has 4 heteroatoms. The first-order valence-corrected chi connectivity index (χ1v) is 9.93. The van der Waals surface area contributed by atoms with E-state index in [1.807, 2.05) is 0 Å². The number of carbonyl (C=O) groups excluding carboxylic acids is 2. The molecule has 2 fully saturated rings. The van der Waals surface area contributed by atoms with Crippen molar-refractivity contribution in [2.24, 2.45) is 17.3 Å². The average Bonchev–Trinajstić information content (AvgIpc) is 3.05. The van der Waals surface area contributed by atoms with Crippen molar-refractivity contribution >= 4 is 11.9 Å². The topological polar surface area (TPSA) is 52.6 Å². The lowest BCUT2D eigenvalue weighted by Crippen LogP contribution is -2.50. The van der Waals surface area contributed by atoms with E-state index in [0.717, 1.165) is 38.5 Å². The minimum atomic E-state index is -0.733. The first-order valence-electron chi connectivity index (χ1n) is 9.93. The van der Waals surface area contributed by atoms with Gasteiger partial charge in [0.15, 0.2) is 0 Å². The molecule has 3 aliphatic carbocycles. The summed E-state index contributed by atoms with van der Waals surface area (Å²) < 4.78 is 11.1. The van der Waals surface area contributed by atoms with Gasteiger partial charge in [-0.1, -0.05) is 30.7 Å². The number of fused-ring (bicyclic) bond motifs is 5. The Morgan fingerprint density at radius 2 is 1.77 bits per heavy atom. The molecule has 4 atom stereocenters. The monoisotopic (exact) mass is 356 g/mol. The third kappa shape index (κ3) is 2.83. The van der Waals surface area contributed by atoms with E-state index >= 15 is 0 Å². The summed E-state index contributed by atoms with van der Waals surface area (Å²) in [5, 5.41) is 0. The smallest absolute Gasteiger partial charge is 0.305 e. The summed E-state index contributed by atoms with van der Waals surface area (Å²) in [6.07, 6.45) is 6.85. The molecule has 0 aromatic heterocycles. The highest BCUT2D eigenvalue weighted by atomic mass is 16.7. The van der Waals surface area contributed by atoms with Crippen molar-refractivity contribution in [3.8, 4) is 0 Å². The number of ether oxygens (including phenoxy) is 2. The second-order valence-corrected chi connectivity index (χ2v) is 8.33. The average molecular weight is 356 g/mol. The van der Waals surface area contributed by atoms with E-state index in [2.05, 4.69) is 24.3 Å². The van der Waals surface area contributed by atoms with Gasteiger partial charge in [0.1, 0.15) is 0 Å². The fraction of sp³-hybridized carbons (Fsp3) is 0.636. The van der Waals surface area contributed by atoms with Crippen molar-refractivity contribution in [2.75, 3.05) is 0 Å². The van der Waals surface area contributed by atoms with Crippen molar-refractivity contribution < 1.29 is 19.1 Å². The summed E-state index contributed by atoms with van der Waals surface area (Å²) in [4.78, 5) is 23.4. The van der Waals surface area contributed by atoms with Crippen LogP contribution in [0, 0.1) is 17.3 Å². The van der Waals surface area contributed by atoms with Gasteiger partial charge in [-0.15, -0.1) is 0 Å². The van der Waals surface area contributed by atoms with E-state index < -0.39 is 6.29 Å². The molecule has 0 amide bonds. The van der Waals surface area contributed by atoms with E-state index in [9.17, 15) is 9.59 Å². The third-order valence-electron chi connectivity index (χ3n) is 7.07. The molecular weight excluding hydrogens is 328 g/mol. The zero-order valence-electron chi connectivity index (χ0n) is 15.7. The molecule has 0 bridgehead atoms. The maximum atomic E-state index is 11.7. The molecule has 1 aromatic carbocycles.